The molecule has 1 saturated carbocycles. The molecule has 0 aromatic heterocycles. The van der Waals surface area contributed by atoms with E-state index in [-0.39, 0.29) is 0 Å². The van der Waals surface area contributed by atoms with Gasteiger partial charge in [-0.25, -0.2) is 0 Å². The van der Waals surface area contributed by atoms with Crippen LogP contribution < -0.4 is 5.32 Å². The summed E-state index contributed by atoms with van der Waals surface area (Å²) in [4.78, 5) is 2.28. The first-order valence-corrected chi connectivity index (χ1v) is 6.09. The van der Waals surface area contributed by atoms with Gasteiger partial charge in [-0.3, -0.25) is 0 Å². The van der Waals surface area contributed by atoms with E-state index < -0.39 is 0 Å². The van der Waals surface area contributed by atoms with Crippen LogP contribution in [-0.4, -0.2) is 42.9 Å². The molecule has 0 amide bonds. The summed E-state index contributed by atoms with van der Waals surface area (Å²) in [7, 11) is 1.70. The molecule has 3 nitrogen and oxygen atoms in total. The Morgan fingerprint density at radius 3 is 2.67 bits per heavy atom. The number of rotatable bonds is 6. The first-order chi connectivity index (χ1) is 7.15. The Labute approximate surface area is 98.2 Å². The van der Waals surface area contributed by atoms with Gasteiger partial charge in [-0.05, 0) is 44.8 Å². The maximum Gasteiger partial charge on any atom is 0.169 e. The third-order valence-corrected chi connectivity index (χ3v) is 3.00. The number of ether oxygens (including phenoxy) is 1. The van der Waals surface area contributed by atoms with E-state index in [0.717, 1.165) is 24.1 Å². The Morgan fingerprint density at radius 2 is 2.20 bits per heavy atom. The standard InChI is InChI=1S/C11H22N2OS/c1-9(2)13(8-10-4-5-10)11(15)12-6-7-14-3/h9-10H,4-8H2,1-3H3,(H,12,15). The van der Waals surface area contributed by atoms with Crippen LogP contribution in [0.15, 0.2) is 0 Å². The van der Waals surface area contributed by atoms with Crippen LogP contribution in [0.5, 0.6) is 0 Å². The summed E-state index contributed by atoms with van der Waals surface area (Å²) in [6.45, 7) is 6.98. The Morgan fingerprint density at radius 1 is 1.53 bits per heavy atom. The second-order valence-electron chi connectivity index (χ2n) is 4.41. The molecule has 88 valence electrons. The highest BCUT2D eigenvalue weighted by Crippen LogP contribution is 2.30. The fraction of sp³-hybridized carbons (Fsp3) is 0.909. The van der Waals surface area contributed by atoms with Gasteiger partial charge in [0.05, 0.1) is 6.61 Å². The Hall–Kier alpha value is -0.350. The summed E-state index contributed by atoms with van der Waals surface area (Å²) in [5.41, 5.74) is 0. The smallest absolute Gasteiger partial charge is 0.169 e. The van der Waals surface area contributed by atoms with Gasteiger partial charge in [-0.15, -0.1) is 0 Å². The molecule has 0 unspecified atom stereocenters. The summed E-state index contributed by atoms with van der Waals surface area (Å²) in [6.07, 6.45) is 2.73. The summed E-state index contributed by atoms with van der Waals surface area (Å²) in [6, 6.07) is 0.480. The van der Waals surface area contributed by atoms with E-state index in [4.69, 9.17) is 17.0 Å². The first-order valence-electron chi connectivity index (χ1n) is 5.68. The van der Waals surface area contributed by atoms with Crippen LogP contribution in [0.25, 0.3) is 0 Å². The van der Waals surface area contributed by atoms with Crippen LogP contribution in [0.2, 0.25) is 0 Å². The molecule has 0 aliphatic heterocycles. The van der Waals surface area contributed by atoms with Crippen molar-refractivity contribution in [2.75, 3.05) is 26.8 Å². The Bertz CT molecular complexity index is 205. The number of hydrogen-bond donors (Lipinski definition) is 1. The van der Waals surface area contributed by atoms with Gasteiger partial charge in [-0.1, -0.05) is 0 Å². The highest BCUT2D eigenvalue weighted by atomic mass is 32.1. The number of nitrogens with zero attached hydrogens (tertiary/aromatic N) is 1. The molecule has 0 aromatic rings. The second kappa shape index (κ2) is 6.28. The monoisotopic (exact) mass is 230 g/mol. The zero-order valence-electron chi connectivity index (χ0n) is 9.95. The summed E-state index contributed by atoms with van der Waals surface area (Å²) in [5, 5.41) is 4.10. The molecular weight excluding hydrogens is 208 g/mol. The zero-order chi connectivity index (χ0) is 11.3. The number of methoxy groups -OCH3 is 1. The molecule has 0 aromatic carbocycles. The fourth-order valence-electron chi connectivity index (χ4n) is 1.47. The lowest BCUT2D eigenvalue weighted by Crippen LogP contribution is -2.45. The minimum Gasteiger partial charge on any atom is -0.383 e. The number of thiocarbonyl (C=S) groups is 1. The summed E-state index contributed by atoms with van der Waals surface area (Å²) in [5.74, 6) is 0.870. The van der Waals surface area contributed by atoms with E-state index in [1.165, 1.54) is 12.8 Å². The van der Waals surface area contributed by atoms with Gasteiger partial charge in [0, 0.05) is 26.2 Å². The van der Waals surface area contributed by atoms with E-state index in [9.17, 15) is 0 Å². The Kier molecular flexibility index (Phi) is 5.32. The van der Waals surface area contributed by atoms with Crippen molar-refractivity contribution in [1.29, 1.82) is 0 Å². The minimum atomic E-state index is 0.480. The molecule has 0 spiro atoms. The van der Waals surface area contributed by atoms with Gasteiger partial charge < -0.3 is 15.0 Å². The van der Waals surface area contributed by atoms with Crippen molar-refractivity contribution < 1.29 is 4.74 Å². The van der Waals surface area contributed by atoms with Crippen LogP contribution in [0.4, 0.5) is 0 Å². The molecule has 1 aliphatic carbocycles. The van der Waals surface area contributed by atoms with Crippen molar-refractivity contribution in [2.45, 2.75) is 32.7 Å². The number of nitrogens with one attached hydrogen (secondary N) is 1. The van der Waals surface area contributed by atoms with Gasteiger partial charge >= 0.3 is 0 Å². The van der Waals surface area contributed by atoms with E-state index in [2.05, 4.69) is 24.1 Å². The molecule has 0 bridgehead atoms. The highest BCUT2D eigenvalue weighted by molar-refractivity contribution is 7.80. The van der Waals surface area contributed by atoms with Crippen molar-refractivity contribution in [3.63, 3.8) is 0 Å². The van der Waals surface area contributed by atoms with Crippen molar-refractivity contribution in [3.05, 3.63) is 0 Å². The Balaban J connectivity index is 2.29. The third-order valence-electron chi connectivity index (χ3n) is 2.62. The van der Waals surface area contributed by atoms with E-state index >= 15 is 0 Å². The molecule has 1 fully saturated rings. The molecule has 4 heteroatoms. The highest BCUT2D eigenvalue weighted by Gasteiger charge is 2.26. The molecule has 15 heavy (non-hydrogen) atoms. The maximum absolute atomic E-state index is 5.37. The van der Waals surface area contributed by atoms with Crippen molar-refractivity contribution in [3.8, 4) is 0 Å². The second-order valence-corrected chi connectivity index (χ2v) is 4.80. The normalized spacial score (nSPS) is 15.5. The van der Waals surface area contributed by atoms with Crippen LogP contribution in [0.1, 0.15) is 26.7 Å². The van der Waals surface area contributed by atoms with Gasteiger partial charge in [-0.2, -0.15) is 0 Å². The van der Waals surface area contributed by atoms with Crippen LogP contribution in [0.3, 0.4) is 0 Å². The van der Waals surface area contributed by atoms with Gasteiger partial charge in [0.25, 0.3) is 0 Å². The minimum absolute atomic E-state index is 0.480. The molecule has 0 radical (unpaired) electrons. The van der Waals surface area contributed by atoms with Gasteiger partial charge in [0.2, 0.25) is 0 Å². The van der Waals surface area contributed by atoms with E-state index in [1.807, 2.05) is 0 Å². The van der Waals surface area contributed by atoms with Crippen molar-refractivity contribution in [2.24, 2.45) is 5.92 Å². The van der Waals surface area contributed by atoms with Crippen molar-refractivity contribution >= 4 is 17.3 Å². The molecule has 1 N–H and O–H groups in total. The van der Waals surface area contributed by atoms with Gasteiger partial charge in [0.1, 0.15) is 0 Å². The fourth-order valence-corrected chi connectivity index (χ4v) is 1.86. The maximum atomic E-state index is 5.37. The quantitative estimate of drug-likeness (QED) is 0.554. The van der Waals surface area contributed by atoms with Crippen LogP contribution in [-0.2, 0) is 4.74 Å². The van der Waals surface area contributed by atoms with E-state index in [0.29, 0.717) is 12.6 Å². The molecule has 1 aliphatic rings. The topological polar surface area (TPSA) is 24.5 Å². The van der Waals surface area contributed by atoms with Crippen LogP contribution in [0, 0.1) is 5.92 Å². The average molecular weight is 230 g/mol. The zero-order valence-corrected chi connectivity index (χ0v) is 10.8. The predicted octanol–water partition coefficient (Wildman–Crippen LogP) is 1.63. The predicted molar refractivity (Wildman–Crippen MR) is 67.0 cm³/mol. The van der Waals surface area contributed by atoms with Crippen molar-refractivity contribution in [1.82, 2.24) is 10.2 Å². The summed E-state index contributed by atoms with van der Waals surface area (Å²) >= 11 is 5.37. The number of hydrogen-bond acceptors (Lipinski definition) is 2. The lowest BCUT2D eigenvalue weighted by Gasteiger charge is -2.29. The molecule has 0 heterocycles. The molecular formula is C11H22N2OS. The average Bonchev–Trinajstić information content (AvgIpc) is 2.97. The van der Waals surface area contributed by atoms with Crippen LogP contribution >= 0.6 is 12.2 Å². The molecule has 1 rings (SSSR count). The first kappa shape index (κ1) is 12.7. The lowest BCUT2D eigenvalue weighted by molar-refractivity contribution is 0.202. The largest absolute Gasteiger partial charge is 0.383 e. The summed E-state index contributed by atoms with van der Waals surface area (Å²) < 4.78 is 4.99. The van der Waals surface area contributed by atoms with E-state index in [1.54, 1.807) is 7.11 Å². The third kappa shape index (κ3) is 4.80. The lowest BCUT2D eigenvalue weighted by atomic mass is 10.3. The van der Waals surface area contributed by atoms with Gasteiger partial charge in [0.15, 0.2) is 5.11 Å². The molecule has 0 saturated heterocycles. The molecule has 0 atom stereocenters. The SMILES string of the molecule is COCCNC(=S)N(CC1CC1)C(C)C.